The van der Waals surface area contributed by atoms with Gasteiger partial charge in [0.05, 0.1) is 12.4 Å². The molecule has 0 amide bonds. The molecule has 2 rings (SSSR count). The SMILES string of the molecule is CC(C)(CCNc1cnc(C(=O)O)cn1)C1CC1. The molecule has 1 aliphatic carbocycles. The molecule has 0 radical (unpaired) electrons. The van der Waals surface area contributed by atoms with Crippen molar-refractivity contribution < 1.29 is 9.90 Å². The van der Waals surface area contributed by atoms with Crippen molar-refractivity contribution >= 4 is 11.8 Å². The number of nitrogens with one attached hydrogen (secondary N) is 1. The van der Waals surface area contributed by atoms with Crippen LogP contribution in [0.5, 0.6) is 0 Å². The summed E-state index contributed by atoms with van der Waals surface area (Å²) in [4.78, 5) is 18.5. The molecule has 1 aliphatic rings. The van der Waals surface area contributed by atoms with Gasteiger partial charge in [0.2, 0.25) is 0 Å². The highest BCUT2D eigenvalue weighted by Gasteiger charge is 2.36. The third kappa shape index (κ3) is 3.18. The van der Waals surface area contributed by atoms with Gasteiger partial charge in [-0.25, -0.2) is 14.8 Å². The molecule has 1 aromatic heterocycles. The number of carboxylic acid groups (broad SMARTS) is 1. The average molecular weight is 249 g/mol. The van der Waals surface area contributed by atoms with E-state index >= 15 is 0 Å². The molecule has 1 heterocycles. The van der Waals surface area contributed by atoms with Crippen molar-refractivity contribution in [2.45, 2.75) is 33.1 Å². The second-order valence-corrected chi connectivity index (χ2v) is 5.53. The molecular formula is C13H19N3O2. The number of hydrogen-bond donors (Lipinski definition) is 2. The third-order valence-electron chi connectivity index (χ3n) is 3.63. The van der Waals surface area contributed by atoms with Crippen molar-refractivity contribution in [3.05, 3.63) is 18.1 Å². The average Bonchev–Trinajstić information content (AvgIpc) is 3.13. The fourth-order valence-electron chi connectivity index (χ4n) is 2.11. The zero-order valence-electron chi connectivity index (χ0n) is 10.8. The number of nitrogens with zero attached hydrogens (tertiary/aromatic N) is 2. The molecule has 1 fully saturated rings. The van der Waals surface area contributed by atoms with Crippen LogP contribution in [0.15, 0.2) is 12.4 Å². The van der Waals surface area contributed by atoms with Crippen LogP contribution in [0, 0.1) is 11.3 Å². The van der Waals surface area contributed by atoms with Gasteiger partial charge in [-0.1, -0.05) is 13.8 Å². The van der Waals surface area contributed by atoms with Gasteiger partial charge in [-0.05, 0) is 30.6 Å². The first-order valence-corrected chi connectivity index (χ1v) is 6.28. The van der Waals surface area contributed by atoms with E-state index in [2.05, 4.69) is 29.1 Å². The van der Waals surface area contributed by atoms with E-state index in [9.17, 15) is 4.79 Å². The van der Waals surface area contributed by atoms with E-state index in [1.54, 1.807) is 0 Å². The highest BCUT2D eigenvalue weighted by Crippen LogP contribution is 2.47. The van der Waals surface area contributed by atoms with Crippen LogP contribution in [0.1, 0.15) is 43.6 Å². The van der Waals surface area contributed by atoms with Crippen molar-refractivity contribution in [2.75, 3.05) is 11.9 Å². The van der Waals surface area contributed by atoms with Gasteiger partial charge in [-0.3, -0.25) is 0 Å². The Morgan fingerprint density at radius 1 is 1.44 bits per heavy atom. The monoisotopic (exact) mass is 249 g/mol. The minimum Gasteiger partial charge on any atom is -0.476 e. The predicted octanol–water partition coefficient (Wildman–Crippen LogP) is 2.41. The molecule has 18 heavy (non-hydrogen) atoms. The van der Waals surface area contributed by atoms with Crippen LogP contribution in [0.2, 0.25) is 0 Å². The van der Waals surface area contributed by atoms with Gasteiger partial charge in [-0.2, -0.15) is 0 Å². The van der Waals surface area contributed by atoms with Crippen LogP contribution in [0.25, 0.3) is 0 Å². The summed E-state index contributed by atoms with van der Waals surface area (Å²) < 4.78 is 0. The summed E-state index contributed by atoms with van der Waals surface area (Å²) in [5.74, 6) is 0.440. The van der Waals surface area contributed by atoms with Gasteiger partial charge in [0, 0.05) is 6.54 Å². The Bertz CT molecular complexity index is 424. The molecule has 0 atom stereocenters. The van der Waals surface area contributed by atoms with Crippen molar-refractivity contribution in [1.82, 2.24) is 9.97 Å². The van der Waals surface area contributed by atoms with E-state index in [0.29, 0.717) is 11.2 Å². The Morgan fingerprint density at radius 2 is 2.17 bits per heavy atom. The molecule has 0 bridgehead atoms. The summed E-state index contributed by atoms with van der Waals surface area (Å²) in [6.45, 7) is 5.43. The minimum absolute atomic E-state index is 0.0288. The van der Waals surface area contributed by atoms with Crippen molar-refractivity contribution in [2.24, 2.45) is 11.3 Å². The molecule has 0 unspecified atom stereocenters. The summed E-state index contributed by atoms with van der Waals surface area (Å²) in [6, 6.07) is 0. The number of anilines is 1. The summed E-state index contributed by atoms with van der Waals surface area (Å²) in [5, 5.41) is 11.9. The van der Waals surface area contributed by atoms with Gasteiger partial charge in [0.1, 0.15) is 5.82 Å². The maximum atomic E-state index is 10.6. The Kier molecular flexibility index (Phi) is 3.50. The lowest BCUT2D eigenvalue weighted by Gasteiger charge is -2.24. The van der Waals surface area contributed by atoms with Crippen molar-refractivity contribution in [3.8, 4) is 0 Å². The zero-order chi connectivity index (χ0) is 13.2. The van der Waals surface area contributed by atoms with Crippen LogP contribution in [0.4, 0.5) is 5.82 Å². The molecule has 0 aliphatic heterocycles. The normalized spacial score (nSPS) is 15.4. The summed E-state index contributed by atoms with van der Waals surface area (Å²) in [5.41, 5.74) is 0.348. The van der Waals surface area contributed by atoms with Gasteiger partial charge in [0.25, 0.3) is 0 Å². The molecule has 2 N–H and O–H groups in total. The second-order valence-electron chi connectivity index (χ2n) is 5.53. The summed E-state index contributed by atoms with van der Waals surface area (Å²) in [6.07, 6.45) is 6.52. The van der Waals surface area contributed by atoms with E-state index in [1.165, 1.54) is 25.2 Å². The van der Waals surface area contributed by atoms with Gasteiger partial charge in [0.15, 0.2) is 5.69 Å². The summed E-state index contributed by atoms with van der Waals surface area (Å²) >= 11 is 0. The largest absolute Gasteiger partial charge is 0.476 e. The van der Waals surface area contributed by atoms with Crippen molar-refractivity contribution in [1.29, 1.82) is 0 Å². The van der Waals surface area contributed by atoms with Gasteiger partial charge >= 0.3 is 5.97 Å². The molecular weight excluding hydrogens is 230 g/mol. The summed E-state index contributed by atoms with van der Waals surface area (Å²) in [7, 11) is 0. The molecule has 98 valence electrons. The quantitative estimate of drug-likeness (QED) is 0.809. The number of carboxylic acids is 1. The van der Waals surface area contributed by atoms with E-state index in [1.807, 2.05) is 0 Å². The fraction of sp³-hybridized carbons (Fsp3) is 0.615. The second kappa shape index (κ2) is 4.92. The van der Waals surface area contributed by atoms with E-state index < -0.39 is 5.97 Å². The number of hydrogen-bond acceptors (Lipinski definition) is 4. The van der Waals surface area contributed by atoms with Crippen LogP contribution in [-0.2, 0) is 0 Å². The van der Waals surface area contributed by atoms with E-state index in [0.717, 1.165) is 18.9 Å². The number of carbonyl (C=O) groups is 1. The Morgan fingerprint density at radius 3 is 2.67 bits per heavy atom. The zero-order valence-corrected chi connectivity index (χ0v) is 10.8. The molecule has 5 heteroatoms. The number of rotatable bonds is 6. The van der Waals surface area contributed by atoms with Crippen LogP contribution in [-0.4, -0.2) is 27.6 Å². The number of aromatic carboxylic acids is 1. The Labute approximate surface area is 107 Å². The highest BCUT2D eigenvalue weighted by atomic mass is 16.4. The molecule has 1 aromatic rings. The van der Waals surface area contributed by atoms with Crippen LogP contribution in [0.3, 0.4) is 0 Å². The van der Waals surface area contributed by atoms with E-state index in [4.69, 9.17) is 5.11 Å². The highest BCUT2D eigenvalue weighted by molar-refractivity contribution is 5.84. The van der Waals surface area contributed by atoms with E-state index in [-0.39, 0.29) is 5.69 Å². The smallest absolute Gasteiger partial charge is 0.356 e. The van der Waals surface area contributed by atoms with Crippen LogP contribution >= 0.6 is 0 Å². The van der Waals surface area contributed by atoms with Crippen molar-refractivity contribution in [3.63, 3.8) is 0 Å². The lowest BCUT2D eigenvalue weighted by Crippen LogP contribution is -2.19. The third-order valence-corrected chi connectivity index (χ3v) is 3.63. The lowest BCUT2D eigenvalue weighted by atomic mass is 9.84. The maximum absolute atomic E-state index is 10.6. The molecule has 0 aromatic carbocycles. The first-order chi connectivity index (χ1) is 8.49. The predicted molar refractivity (Wildman–Crippen MR) is 68.6 cm³/mol. The first-order valence-electron chi connectivity index (χ1n) is 6.28. The minimum atomic E-state index is -1.05. The number of aromatic nitrogens is 2. The standard InChI is InChI=1S/C13H19N3O2/c1-13(2,9-3-4-9)5-6-14-11-8-15-10(7-16-11)12(17)18/h7-9H,3-6H2,1-2H3,(H,14,16)(H,17,18). The molecule has 5 nitrogen and oxygen atoms in total. The van der Waals surface area contributed by atoms with Gasteiger partial charge in [-0.15, -0.1) is 0 Å². The molecule has 1 saturated carbocycles. The first kappa shape index (κ1) is 12.8. The lowest BCUT2D eigenvalue weighted by molar-refractivity contribution is 0.0690. The fourth-order valence-corrected chi connectivity index (χ4v) is 2.11. The van der Waals surface area contributed by atoms with Crippen LogP contribution < -0.4 is 5.32 Å². The topological polar surface area (TPSA) is 75.1 Å². The molecule has 0 spiro atoms. The van der Waals surface area contributed by atoms with Gasteiger partial charge < -0.3 is 10.4 Å². The molecule has 0 saturated heterocycles. The Hall–Kier alpha value is -1.65. The Balaban J connectivity index is 1.81. The maximum Gasteiger partial charge on any atom is 0.356 e.